The Morgan fingerprint density at radius 3 is 2.80 bits per heavy atom. The summed E-state index contributed by atoms with van der Waals surface area (Å²) in [5.74, 6) is 3.46. The molecule has 2 rings (SSSR count). The predicted molar refractivity (Wildman–Crippen MR) is 78.1 cm³/mol. The minimum Gasteiger partial charge on any atom is -0.342 e. The van der Waals surface area contributed by atoms with Crippen LogP contribution in [-0.4, -0.2) is 55.1 Å². The van der Waals surface area contributed by atoms with Gasteiger partial charge in [-0.25, -0.2) is 0 Å². The number of nitrogens with zero attached hydrogens (tertiary/aromatic N) is 4. The number of likely N-dealkylation sites (tertiary alicyclic amines) is 1. The highest BCUT2D eigenvalue weighted by molar-refractivity contribution is 5.76. The van der Waals surface area contributed by atoms with E-state index in [0.717, 1.165) is 32.5 Å². The van der Waals surface area contributed by atoms with Gasteiger partial charge in [0.25, 0.3) is 0 Å². The van der Waals surface area contributed by atoms with Crippen molar-refractivity contribution in [2.75, 3.05) is 33.7 Å². The van der Waals surface area contributed by atoms with Gasteiger partial charge in [-0.15, -0.1) is 12.3 Å². The SMILES string of the molecule is C#CCCC1(CCC(=O)N2CCC(CN(C)C)C2)N=N1. The number of carbonyl (C=O) groups is 1. The molecule has 5 heteroatoms. The van der Waals surface area contributed by atoms with E-state index in [2.05, 4.69) is 35.1 Å². The van der Waals surface area contributed by atoms with Crippen molar-refractivity contribution in [1.82, 2.24) is 9.80 Å². The lowest BCUT2D eigenvalue weighted by Crippen LogP contribution is -2.31. The van der Waals surface area contributed by atoms with Gasteiger partial charge >= 0.3 is 0 Å². The first-order valence-corrected chi connectivity index (χ1v) is 7.35. The lowest BCUT2D eigenvalue weighted by molar-refractivity contribution is -0.130. The Morgan fingerprint density at radius 2 is 2.20 bits per heavy atom. The van der Waals surface area contributed by atoms with Crippen LogP contribution in [0.3, 0.4) is 0 Å². The molecule has 1 saturated heterocycles. The normalized spacial score (nSPS) is 23.1. The molecule has 20 heavy (non-hydrogen) atoms. The van der Waals surface area contributed by atoms with E-state index in [-0.39, 0.29) is 11.6 Å². The van der Waals surface area contributed by atoms with Crippen molar-refractivity contribution in [2.24, 2.45) is 16.1 Å². The Kier molecular flexibility index (Phi) is 4.77. The molecule has 1 atom stereocenters. The lowest BCUT2D eigenvalue weighted by atomic mass is 10.0. The summed E-state index contributed by atoms with van der Waals surface area (Å²) < 4.78 is 0. The van der Waals surface area contributed by atoms with Gasteiger partial charge in [-0.2, -0.15) is 10.2 Å². The zero-order valence-electron chi connectivity index (χ0n) is 12.5. The van der Waals surface area contributed by atoms with E-state index in [0.29, 0.717) is 25.2 Å². The second-order valence-corrected chi connectivity index (χ2v) is 6.14. The third-order valence-corrected chi connectivity index (χ3v) is 4.05. The monoisotopic (exact) mass is 276 g/mol. The van der Waals surface area contributed by atoms with Crippen molar-refractivity contribution in [3.8, 4) is 12.3 Å². The molecule has 0 bridgehead atoms. The molecule has 0 N–H and O–H groups in total. The molecule has 0 saturated carbocycles. The topological polar surface area (TPSA) is 48.3 Å². The zero-order chi connectivity index (χ0) is 14.6. The molecule has 2 aliphatic rings. The third kappa shape index (κ3) is 4.04. The lowest BCUT2D eigenvalue weighted by Gasteiger charge is -2.19. The molecular weight excluding hydrogens is 252 g/mol. The first-order valence-electron chi connectivity index (χ1n) is 7.35. The Balaban J connectivity index is 1.70. The van der Waals surface area contributed by atoms with Crippen molar-refractivity contribution in [3.63, 3.8) is 0 Å². The summed E-state index contributed by atoms with van der Waals surface area (Å²) >= 11 is 0. The molecule has 110 valence electrons. The maximum atomic E-state index is 12.2. The number of carbonyl (C=O) groups excluding carboxylic acids is 1. The van der Waals surface area contributed by atoms with Crippen LogP contribution in [0.1, 0.15) is 32.1 Å². The standard InChI is InChI=1S/C15H24N4O/c1-4-5-8-15(16-17-15)9-6-14(20)19-10-7-13(12-19)11-18(2)3/h1,13H,5-12H2,2-3H3. The minimum atomic E-state index is -0.329. The van der Waals surface area contributed by atoms with Gasteiger partial charge in [0.2, 0.25) is 5.91 Å². The van der Waals surface area contributed by atoms with Gasteiger partial charge in [0.1, 0.15) is 0 Å². The van der Waals surface area contributed by atoms with Crippen LogP contribution in [-0.2, 0) is 4.79 Å². The molecular formula is C15H24N4O. The quantitative estimate of drug-likeness (QED) is 0.665. The van der Waals surface area contributed by atoms with Gasteiger partial charge in [-0.1, -0.05) is 0 Å². The highest BCUT2D eigenvalue weighted by Crippen LogP contribution is 2.37. The Labute approximate surface area is 121 Å². The minimum absolute atomic E-state index is 0.239. The summed E-state index contributed by atoms with van der Waals surface area (Å²) in [5.41, 5.74) is -0.329. The molecule has 1 unspecified atom stereocenters. The van der Waals surface area contributed by atoms with E-state index in [9.17, 15) is 4.79 Å². The van der Waals surface area contributed by atoms with Gasteiger partial charge in [0.05, 0.1) is 0 Å². The molecule has 1 amide bonds. The van der Waals surface area contributed by atoms with Crippen molar-refractivity contribution < 1.29 is 4.79 Å². The van der Waals surface area contributed by atoms with Gasteiger partial charge in [-0.05, 0) is 26.4 Å². The number of terminal acetylenes is 1. The van der Waals surface area contributed by atoms with Gasteiger partial charge in [0, 0.05) is 45.3 Å². The van der Waals surface area contributed by atoms with Crippen LogP contribution in [0.4, 0.5) is 0 Å². The van der Waals surface area contributed by atoms with Crippen LogP contribution in [0.15, 0.2) is 10.2 Å². The molecule has 0 aromatic heterocycles. The van der Waals surface area contributed by atoms with Crippen LogP contribution in [0.2, 0.25) is 0 Å². The number of hydrogen-bond acceptors (Lipinski definition) is 4. The van der Waals surface area contributed by atoms with Crippen molar-refractivity contribution in [1.29, 1.82) is 0 Å². The molecule has 2 aliphatic heterocycles. The maximum absolute atomic E-state index is 12.2. The van der Waals surface area contributed by atoms with E-state index in [1.165, 1.54) is 0 Å². The van der Waals surface area contributed by atoms with Crippen molar-refractivity contribution in [2.45, 2.75) is 37.8 Å². The predicted octanol–water partition coefficient (Wildman–Crippen LogP) is 1.75. The summed E-state index contributed by atoms with van der Waals surface area (Å²) in [7, 11) is 4.16. The summed E-state index contributed by atoms with van der Waals surface area (Å²) in [6.07, 6.45) is 9.07. The van der Waals surface area contributed by atoms with Crippen molar-refractivity contribution in [3.05, 3.63) is 0 Å². The number of amides is 1. The second-order valence-electron chi connectivity index (χ2n) is 6.14. The first-order chi connectivity index (χ1) is 9.54. The fourth-order valence-corrected chi connectivity index (χ4v) is 2.86. The summed E-state index contributed by atoms with van der Waals surface area (Å²) in [6, 6.07) is 0. The molecule has 0 aromatic carbocycles. The Bertz CT molecular complexity index is 418. The van der Waals surface area contributed by atoms with Gasteiger partial charge < -0.3 is 9.80 Å². The molecule has 2 heterocycles. The Hall–Kier alpha value is -1.41. The van der Waals surface area contributed by atoms with E-state index in [4.69, 9.17) is 6.42 Å². The van der Waals surface area contributed by atoms with E-state index >= 15 is 0 Å². The Morgan fingerprint density at radius 1 is 1.45 bits per heavy atom. The van der Waals surface area contributed by atoms with Crippen LogP contribution >= 0.6 is 0 Å². The van der Waals surface area contributed by atoms with Gasteiger partial charge in [-0.3, -0.25) is 4.79 Å². The molecule has 0 aromatic rings. The van der Waals surface area contributed by atoms with Crippen LogP contribution in [0, 0.1) is 18.3 Å². The summed E-state index contributed by atoms with van der Waals surface area (Å²) in [6.45, 7) is 2.84. The van der Waals surface area contributed by atoms with Crippen LogP contribution < -0.4 is 0 Å². The molecule has 5 nitrogen and oxygen atoms in total. The van der Waals surface area contributed by atoms with E-state index in [1.807, 2.05) is 4.90 Å². The van der Waals surface area contributed by atoms with Crippen molar-refractivity contribution >= 4 is 5.91 Å². The molecule has 0 radical (unpaired) electrons. The average molecular weight is 276 g/mol. The zero-order valence-corrected chi connectivity index (χ0v) is 12.5. The van der Waals surface area contributed by atoms with E-state index in [1.54, 1.807) is 0 Å². The fourth-order valence-electron chi connectivity index (χ4n) is 2.86. The summed E-state index contributed by atoms with van der Waals surface area (Å²) in [5, 5.41) is 8.15. The summed E-state index contributed by atoms with van der Waals surface area (Å²) in [4.78, 5) is 16.4. The van der Waals surface area contributed by atoms with Crippen LogP contribution in [0.5, 0.6) is 0 Å². The molecule has 1 fully saturated rings. The van der Waals surface area contributed by atoms with Gasteiger partial charge in [0.15, 0.2) is 5.66 Å². The fraction of sp³-hybridized carbons (Fsp3) is 0.800. The van der Waals surface area contributed by atoms with Crippen LogP contribution in [0.25, 0.3) is 0 Å². The highest BCUT2D eigenvalue weighted by Gasteiger charge is 2.40. The number of hydrogen-bond donors (Lipinski definition) is 0. The molecule has 0 aliphatic carbocycles. The first kappa shape index (κ1) is 15.0. The second kappa shape index (κ2) is 6.36. The molecule has 0 spiro atoms. The largest absolute Gasteiger partial charge is 0.342 e. The average Bonchev–Trinajstić information content (AvgIpc) is 3.04. The van der Waals surface area contributed by atoms with E-state index < -0.39 is 0 Å². The highest BCUT2D eigenvalue weighted by atomic mass is 16.2. The smallest absolute Gasteiger partial charge is 0.222 e. The number of rotatable bonds is 7. The maximum Gasteiger partial charge on any atom is 0.222 e. The third-order valence-electron chi connectivity index (χ3n) is 4.05.